The highest BCUT2D eigenvalue weighted by atomic mass is 19.4. The molecular weight excluding hydrogens is 259 g/mol. The Morgan fingerprint density at radius 1 is 1.37 bits per heavy atom. The second-order valence-corrected chi connectivity index (χ2v) is 4.64. The standard InChI is InChI=1S/C13H16F3NO2/c1-8(2)17(7-13(14,15)16)11-5-4-10(12(18)19)6-9(11)3/h4-6,8H,7H2,1-3H3,(H,18,19). The molecule has 1 aromatic rings. The van der Waals surface area contributed by atoms with Gasteiger partial charge in [-0.25, -0.2) is 4.79 Å². The highest BCUT2D eigenvalue weighted by molar-refractivity contribution is 5.88. The van der Waals surface area contributed by atoms with E-state index in [2.05, 4.69) is 0 Å². The molecule has 0 aromatic heterocycles. The summed E-state index contributed by atoms with van der Waals surface area (Å²) in [6.07, 6.45) is -4.30. The predicted octanol–water partition coefficient (Wildman–Crippen LogP) is 3.47. The van der Waals surface area contributed by atoms with Crippen molar-refractivity contribution >= 4 is 11.7 Å². The van der Waals surface area contributed by atoms with E-state index < -0.39 is 18.7 Å². The summed E-state index contributed by atoms with van der Waals surface area (Å²) in [4.78, 5) is 12.0. The van der Waals surface area contributed by atoms with Crippen LogP contribution in [0.2, 0.25) is 0 Å². The zero-order valence-electron chi connectivity index (χ0n) is 11.0. The lowest BCUT2D eigenvalue weighted by Crippen LogP contribution is -2.39. The van der Waals surface area contributed by atoms with Crippen molar-refractivity contribution in [3.63, 3.8) is 0 Å². The van der Waals surface area contributed by atoms with Crippen molar-refractivity contribution < 1.29 is 23.1 Å². The highest BCUT2D eigenvalue weighted by Crippen LogP contribution is 2.27. The van der Waals surface area contributed by atoms with E-state index in [4.69, 9.17) is 5.11 Å². The fourth-order valence-corrected chi connectivity index (χ4v) is 1.85. The lowest BCUT2D eigenvalue weighted by atomic mass is 10.1. The fourth-order valence-electron chi connectivity index (χ4n) is 1.85. The van der Waals surface area contributed by atoms with E-state index in [-0.39, 0.29) is 11.6 Å². The first-order chi connectivity index (χ1) is 8.61. The number of hydrogen-bond donors (Lipinski definition) is 1. The van der Waals surface area contributed by atoms with Gasteiger partial charge in [0.1, 0.15) is 6.54 Å². The third-order valence-electron chi connectivity index (χ3n) is 2.73. The first-order valence-electron chi connectivity index (χ1n) is 5.79. The highest BCUT2D eigenvalue weighted by Gasteiger charge is 2.32. The zero-order chi connectivity index (χ0) is 14.8. The van der Waals surface area contributed by atoms with Crippen LogP contribution in [0.5, 0.6) is 0 Å². The largest absolute Gasteiger partial charge is 0.478 e. The maximum Gasteiger partial charge on any atom is 0.405 e. The topological polar surface area (TPSA) is 40.5 Å². The summed E-state index contributed by atoms with van der Waals surface area (Å²) in [5.41, 5.74) is 0.979. The Morgan fingerprint density at radius 3 is 2.32 bits per heavy atom. The third kappa shape index (κ3) is 4.15. The van der Waals surface area contributed by atoms with Crippen molar-refractivity contribution in [2.45, 2.75) is 33.0 Å². The normalized spacial score (nSPS) is 11.7. The molecule has 106 valence electrons. The van der Waals surface area contributed by atoms with Crippen molar-refractivity contribution in [1.29, 1.82) is 0 Å². The third-order valence-corrected chi connectivity index (χ3v) is 2.73. The van der Waals surface area contributed by atoms with Crippen molar-refractivity contribution in [2.75, 3.05) is 11.4 Å². The number of carboxylic acid groups (broad SMARTS) is 1. The average molecular weight is 275 g/mol. The maximum absolute atomic E-state index is 12.6. The first kappa shape index (κ1) is 15.3. The van der Waals surface area contributed by atoms with Gasteiger partial charge in [-0.05, 0) is 44.5 Å². The summed E-state index contributed by atoms with van der Waals surface area (Å²) in [6, 6.07) is 3.78. The summed E-state index contributed by atoms with van der Waals surface area (Å²) >= 11 is 0. The van der Waals surface area contributed by atoms with Crippen LogP contribution in [0.4, 0.5) is 18.9 Å². The smallest absolute Gasteiger partial charge is 0.405 e. The summed E-state index contributed by atoms with van der Waals surface area (Å²) in [5.74, 6) is -1.10. The molecule has 0 heterocycles. The van der Waals surface area contributed by atoms with Gasteiger partial charge in [-0.15, -0.1) is 0 Å². The van der Waals surface area contributed by atoms with Crippen LogP contribution in [0.25, 0.3) is 0 Å². The van der Waals surface area contributed by atoms with E-state index in [1.807, 2.05) is 0 Å². The molecule has 0 aliphatic carbocycles. The molecule has 1 N–H and O–H groups in total. The van der Waals surface area contributed by atoms with Gasteiger partial charge in [0.25, 0.3) is 0 Å². The molecule has 0 radical (unpaired) electrons. The monoisotopic (exact) mass is 275 g/mol. The molecule has 0 unspecified atom stereocenters. The molecular formula is C13H16F3NO2. The van der Waals surface area contributed by atoms with Gasteiger partial charge in [-0.3, -0.25) is 0 Å². The van der Waals surface area contributed by atoms with E-state index in [1.165, 1.54) is 23.1 Å². The summed E-state index contributed by atoms with van der Waals surface area (Å²) < 4.78 is 37.7. The molecule has 0 fully saturated rings. The van der Waals surface area contributed by atoms with Crippen LogP contribution >= 0.6 is 0 Å². The Balaban J connectivity index is 3.14. The van der Waals surface area contributed by atoms with E-state index in [0.717, 1.165) is 0 Å². The van der Waals surface area contributed by atoms with Crippen LogP contribution in [0.3, 0.4) is 0 Å². The minimum atomic E-state index is -4.30. The number of anilines is 1. The fraction of sp³-hybridized carbons (Fsp3) is 0.462. The molecule has 0 spiro atoms. The second kappa shape index (κ2) is 5.50. The van der Waals surface area contributed by atoms with Crippen LogP contribution in [0.1, 0.15) is 29.8 Å². The lowest BCUT2D eigenvalue weighted by molar-refractivity contribution is -0.120. The van der Waals surface area contributed by atoms with E-state index in [0.29, 0.717) is 11.3 Å². The van der Waals surface area contributed by atoms with Crippen LogP contribution in [-0.2, 0) is 0 Å². The molecule has 0 atom stereocenters. The quantitative estimate of drug-likeness (QED) is 0.914. The number of alkyl halides is 3. The number of carboxylic acids is 1. The van der Waals surface area contributed by atoms with Gasteiger partial charge < -0.3 is 10.0 Å². The van der Waals surface area contributed by atoms with Crippen molar-refractivity contribution in [3.05, 3.63) is 29.3 Å². The Bertz CT molecular complexity index is 469. The van der Waals surface area contributed by atoms with Crippen molar-refractivity contribution in [3.8, 4) is 0 Å². The van der Waals surface area contributed by atoms with Crippen molar-refractivity contribution in [2.24, 2.45) is 0 Å². The molecule has 0 bridgehead atoms. The van der Waals surface area contributed by atoms with Gasteiger partial charge in [0, 0.05) is 11.7 Å². The molecule has 1 rings (SSSR count). The van der Waals surface area contributed by atoms with Gasteiger partial charge in [-0.2, -0.15) is 13.2 Å². The van der Waals surface area contributed by atoms with Crippen LogP contribution in [-0.4, -0.2) is 29.8 Å². The Morgan fingerprint density at radius 2 is 1.95 bits per heavy atom. The number of hydrogen-bond acceptors (Lipinski definition) is 2. The maximum atomic E-state index is 12.6. The van der Waals surface area contributed by atoms with Gasteiger partial charge in [0.15, 0.2) is 0 Å². The van der Waals surface area contributed by atoms with Crippen LogP contribution < -0.4 is 4.90 Å². The number of nitrogens with zero attached hydrogens (tertiary/aromatic N) is 1. The Kier molecular flexibility index (Phi) is 4.44. The number of carbonyl (C=O) groups is 1. The molecule has 0 aliphatic rings. The van der Waals surface area contributed by atoms with Gasteiger partial charge in [-0.1, -0.05) is 0 Å². The van der Waals surface area contributed by atoms with E-state index in [1.54, 1.807) is 20.8 Å². The number of halogens is 3. The van der Waals surface area contributed by atoms with Crippen molar-refractivity contribution in [1.82, 2.24) is 0 Å². The Hall–Kier alpha value is -1.72. The summed E-state index contributed by atoms with van der Waals surface area (Å²) in [7, 11) is 0. The molecule has 6 heteroatoms. The number of aryl methyl sites for hydroxylation is 1. The first-order valence-corrected chi connectivity index (χ1v) is 5.79. The minimum absolute atomic E-state index is 0.0666. The lowest BCUT2D eigenvalue weighted by Gasteiger charge is -2.31. The molecule has 0 aliphatic heterocycles. The van der Waals surface area contributed by atoms with E-state index >= 15 is 0 Å². The minimum Gasteiger partial charge on any atom is -0.478 e. The molecule has 0 saturated carbocycles. The molecule has 0 saturated heterocycles. The number of benzene rings is 1. The van der Waals surface area contributed by atoms with Gasteiger partial charge in [0.2, 0.25) is 0 Å². The Labute approximate surface area is 109 Å². The predicted molar refractivity (Wildman–Crippen MR) is 66.7 cm³/mol. The number of aromatic carboxylic acids is 1. The molecule has 1 aromatic carbocycles. The summed E-state index contributed by atoms with van der Waals surface area (Å²) in [6.45, 7) is 3.87. The zero-order valence-corrected chi connectivity index (χ0v) is 11.0. The number of rotatable bonds is 4. The SMILES string of the molecule is Cc1cc(C(=O)O)ccc1N(CC(F)(F)F)C(C)C. The van der Waals surface area contributed by atoms with Crippen LogP contribution in [0, 0.1) is 6.92 Å². The molecule has 3 nitrogen and oxygen atoms in total. The van der Waals surface area contributed by atoms with Gasteiger partial charge in [0.05, 0.1) is 5.56 Å². The van der Waals surface area contributed by atoms with Crippen LogP contribution in [0.15, 0.2) is 18.2 Å². The molecule has 0 amide bonds. The van der Waals surface area contributed by atoms with Gasteiger partial charge >= 0.3 is 12.1 Å². The molecule has 19 heavy (non-hydrogen) atoms. The van der Waals surface area contributed by atoms with E-state index in [9.17, 15) is 18.0 Å². The second-order valence-electron chi connectivity index (χ2n) is 4.64. The summed E-state index contributed by atoms with van der Waals surface area (Å²) in [5, 5.41) is 8.84. The average Bonchev–Trinajstić information content (AvgIpc) is 2.24.